The molecule has 2 N–H and O–H groups in total. The van der Waals surface area contributed by atoms with Gasteiger partial charge in [-0.2, -0.15) is 0 Å². The average Bonchev–Trinajstić information content (AvgIpc) is 2.64. The molecule has 2 aliphatic heterocycles. The number of nitrogens with two attached hydrogens (primary N) is 1. The first-order chi connectivity index (χ1) is 7.63. The van der Waals surface area contributed by atoms with Crippen LogP contribution in [-0.2, 0) is 14.3 Å². The number of hydrazine groups is 1. The Bertz CT molecular complexity index is 273. The van der Waals surface area contributed by atoms with Gasteiger partial charge in [-0.3, -0.25) is 5.84 Å². The summed E-state index contributed by atoms with van der Waals surface area (Å²) in [6.45, 7) is 3.30. The highest BCUT2D eigenvalue weighted by Gasteiger charge is 2.16. The van der Waals surface area contributed by atoms with E-state index in [1.807, 2.05) is 5.01 Å². The number of piperidine rings is 1. The molecule has 16 heavy (non-hydrogen) atoms. The van der Waals surface area contributed by atoms with Gasteiger partial charge in [-0.05, 0) is 19.3 Å². The number of rotatable bonds is 1. The Morgan fingerprint density at radius 3 is 2.31 bits per heavy atom. The molecule has 2 heterocycles. The highest BCUT2D eigenvalue weighted by Crippen LogP contribution is 2.15. The summed E-state index contributed by atoms with van der Waals surface area (Å²) in [5, 5.41) is 1.99. The number of cyclic esters (lactones) is 2. The Kier molecular flexibility index (Phi) is 5.14. The molecule has 1 unspecified atom stereocenters. The molecular formula is C11H18N2O3. The zero-order chi connectivity index (χ0) is 12.0. The van der Waals surface area contributed by atoms with E-state index in [2.05, 4.69) is 11.7 Å². The fraction of sp³-hybridized carbons (Fsp3) is 0.636. The predicted octanol–water partition coefficient (Wildman–Crippen LogP) is 0.751. The second-order valence-corrected chi connectivity index (χ2v) is 3.87. The molecule has 0 amide bonds. The van der Waals surface area contributed by atoms with Gasteiger partial charge in [0.2, 0.25) is 0 Å². The van der Waals surface area contributed by atoms with Crippen LogP contribution in [0.5, 0.6) is 0 Å². The van der Waals surface area contributed by atoms with Gasteiger partial charge < -0.3 is 4.74 Å². The number of esters is 2. The number of carbonyl (C=O) groups excluding carboxylic acids is 2. The minimum Gasteiger partial charge on any atom is -0.387 e. The van der Waals surface area contributed by atoms with Crippen molar-refractivity contribution in [1.82, 2.24) is 5.01 Å². The van der Waals surface area contributed by atoms with Crippen molar-refractivity contribution in [3.05, 3.63) is 12.2 Å². The van der Waals surface area contributed by atoms with E-state index in [1.165, 1.54) is 25.7 Å². The van der Waals surface area contributed by atoms with Gasteiger partial charge in [-0.1, -0.05) is 13.3 Å². The molecule has 1 fully saturated rings. The Labute approximate surface area is 95.2 Å². The summed E-state index contributed by atoms with van der Waals surface area (Å²) >= 11 is 0. The summed E-state index contributed by atoms with van der Waals surface area (Å²) in [4.78, 5) is 19.8. The molecule has 0 aromatic heterocycles. The summed E-state index contributed by atoms with van der Waals surface area (Å²) in [5.41, 5.74) is 0. The third kappa shape index (κ3) is 4.12. The highest BCUT2D eigenvalue weighted by atomic mass is 16.6. The van der Waals surface area contributed by atoms with Crippen LogP contribution in [0.4, 0.5) is 0 Å². The quantitative estimate of drug-likeness (QED) is 0.406. The predicted molar refractivity (Wildman–Crippen MR) is 59.1 cm³/mol. The van der Waals surface area contributed by atoms with Crippen molar-refractivity contribution in [3.8, 4) is 0 Å². The minimum absolute atomic E-state index is 0.579. The van der Waals surface area contributed by atoms with Gasteiger partial charge >= 0.3 is 11.9 Å². The van der Waals surface area contributed by atoms with Crippen LogP contribution in [0, 0.1) is 0 Å². The van der Waals surface area contributed by atoms with Crippen LogP contribution in [-0.4, -0.2) is 29.5 Å². The van der Waals surface area contributed by atoms with E-state index in [0.717, 1.165) is 18.7 Å². The fourth-order valence-corrected chi connectivity index (χ4v) is 1.76. The van der Waals surface area contributed by atoms with Gasteiger partial charge in [0.05, 0.1) is 0 Å². The van der Waals surface area contributed by atoms with Crippen LogP contribution in [0.2, 0.25) is 0 Å². The maximum atomic E-state index is 9.92. The highest BCUT2D eigenvalue weighted by molar-refractivity contribution is 6.04. The summed E-state index contributed by atoms with van der Waals surface area (Å²) in [6, 6.07) is 0.666. The lowest BCUT2D eigenvalue weighted by Crippen LogP contribution is -2.43. The second-order valence-electron chi connectivity index (χ2n) is 3.87. The fourth-order valence-electron chi connectivity index (χ4n) is 1.76. The van der Waals surface area contributed by atoms with Crippen molar-refractivity contribution < 1.29 is 14.3 Å². The molecule has 2 rings (SSSR count). The van der Waals surface area contributed by atoms with Crippen molar-refractivity contribution in [2.45, 2.75) is 38.6 Å². The Hall–Kier alpha value is -1.20. The van der Waals surface area contributed by atoms with Crippen LogP contribution in [0.1, 0.15) is 32.6 Å². The van der Waals surface area contributed by atoms with Crippen LogP contribution >= 0.6 is 0 Å². The third-order valence-electron chi connectivity index (χ3n) is 2.70. The van der Waals surface area contributed by atoms with E-state index in [4.69, 9.17) is 5.84 Å². The lowest BCUT2D eigenvalue weighted by molar-refractivity contribution is -0.150. The van der Waals surface area contributed by atoms with E-state index in [9.17, 15) is 9.59 Å². The molecule has 1 saturated heterocycles. The van der Waals surface area contributed by atoms with Crippen molar-refractivity contribution in [2.75, 3.05) is 6.54 Å². The van der Waals surface area contributed by atoms with Crippen LogP contribution < -0.4 is 5.84 Å². The molecule has 0 bridgehead atoms. The Balaban J connectivity index is 0.000000165. The zero-order valence-electron chi connectivity index (χ0n) is 9.52. The van der Waals surface area contributed by atoms with E-state index in [1.54, 1.807) is 0 Å². The van der Waals surface area contributed by atoms with Gasteiger partial charge in [0.1, 0.15) is 0 Å². The molecule has 2 aliphatic rings. The maximum absolute atomic E-state index is 9.92. The number of hydrogen-bond donors (Lipinski definition) is 1. The number of carbonyl (C=O) groups is 2. The summed E-state index contributed by atoms with van der Waals surface area (Å²) in [7, 11) is 0. The smallest absolute Gasteiger partial charge is 0.338 e. The van der Waals surface area contributed by atoms with Gasteiger partial charge in [0.25, 0.3) is 0 Å². The Morgan fingerprint density at radius 1 is 1.38 bits per heavy atom. The molecule has 0 aromatic rings. The van der Waals surface area contributed by atoms with Gasteiger partial charge in [-0.25, -0.2) is 14.6 Å². The van der Waals surface area contributed by atoms with E-state index < -0.39 is 11.9 Å². The van der Waals surface area contributed by atoms with E-state index >= 15 is 0 Å². The molecule has 90 valence electrons. The number of hydrogen-bond acceptors (Lipinski definition) is 5. The molecule has 5 heteroatoms. The largest absolute Gasteiger partial charge is 0.387 e. The second kappa shape index (κ2) is 6.40. The van der Waals surface area contributed by atoms with Gasteiger partial charge in [0.15, 0.2) is 0 Å². The van der Waals surface area contributed by atoms with E-state index in [0.29, 0.717) is 6.04 Å². The van der Waals surface area contributed by atoms with Crippen LogP contribution in [0.3, 0.4) is 0 Å². The summed E-state index contributed by atoms with van der Waals surface area (Å²) in [6.07, 6.45) is 7.33. The van der Waals surface area contributed by atoms with Crippen LogP contribution in [0.15, 0.2) is 12.2 Å². The normalized spacial score (nSPS) is 25.0. The minimum atomic E-state index is -0.579. The van der Waals surface area contributed by atoms with Gasteiger partial charge in [-0.15, -0.1) is 0 Å². The summed E-state index contributed by atoms with van der Waals surface area (Å²) < 4.78 is 3.97. The van der Waals surface area contributed by atoms with Crippen molar-refractivity contribution in [3.63, 3.8) is 0 Å². The molecule has 0 saturated carbocycles. The Morgan fingerprint density at radius 2 is 2.00 bits per heavy atom. The lowest BCUT2D eigenvalue weighted by atomic mass is 10.0. The van der Waals surface area contributed by atoms with Gasteiger partial charge in [0, 0.05) is 24.7 Å². The van der Waals surface area contributed by atoms with E-state index in [-0.39, 0.29) is 0 Å². The first-order valence-corrected chi connectivity index (χ1v) is 5.58. The third-order valence-corrected chi connectivity index (χ3v) is 2.70. The van der Waals surface area contributed by atoms with Crippen molar-refractivity contribution in [1.29, 1.82) is 0 Å². The number of ether oxygens (including phenoxy) is 1. The zero-order valence-corrected chi connectivity index (χ0v) is 9.52. The molecule has 5 nitrogen and oxygen atoms in total. The molecule has 0 aliphatic carbocycles. The molecule has 0 spiro atoms. The average molecular weight is 226 g/mol. The molecule has 0 radical (unpaired) electrons. The van der Waals surface area contributed by atoms with Crippen LogP contribution in [0.25, 0.3) is 0 Å². The SMILES string of the molecule is CCC1CCCCN1N.O=C1C=CC(=O)O1. The van der Waals surface area contributed by atoms with Crippen molar-refractivity contribution >= 4 is 11.9 Å². The topological polar surface area (TPSA) is 72.6 Å². The summed E-state index contributed by atoms with van der Waals surface area (Å²) in [5.74, 6) is 4.57. The lowest BCUT2D eigenvalue weighted by Gasteiger charge is -2.30. The number of nitrogens with zero attached hydrogens (tertiary/aromatic N) is 1. The standard InChI is InChI=1S/C7H16N2.C4H2O3/c1-2-7-5-3-4-6-9(7)8;5-3-1-2-4(6)7-3/h7H,2-6,8H2,1H3;1-2H. The van der Waals surface area contributed by atoms with Crippen molar-refractivity contribution in [2.24, 2.45) is 5.84 Å². The molecule has 1 atom stereocenters. The molecule has 0 aromatic carbocycles. The monoisotopic (exact) mass is 226 g/mol. The molecular weight excluding hydrogens is 208 g/mol. The first-order valence-electron chi connectivity index (χ1n) is 5.58. The first kappa shape index (κ1) is 12.9. The maximum Gasteiger partial charge on any atom is 0.338 e.